The molecule has 3 amide bonds. The van der Waals surface area contributed by atoms with Crippen LogP contribution in [0, 0.1) is 5.82 Å². The van der Waals surface area contributed by atoms with E-state index >= 15 is 0 Å². The van der Waals surface area contributed by atoms with Gasteiger partial charge in [0.25, 0.3) is 11.1 Å². The number of hydrogen-bond donors (Lipinski definition) is 0. The Hall–Kier alpha value is -3.91. The van der Waals surface area contributed by atoms with Gasteiger partial charge in [-0.05, 0) is 70.8 Å². The fourth-order valence-corrected chi connectivity index (χ4v) is 5.01. The number of ether oxygens (including phenoxy) is 1. The largest absolute Gasteiger partial charge is 0.489 e. The molecule has 0 bridgehead atoms. The lowest BCUT2D eigenvalue weighted by Crippen LogP contribution is -2.44. The standard InChI is InChI=1S/C28H23FN2O4S/c29-23-10-8-19(9-11-23)18-35-24-7-3-4-20(14-24)15-25-27(33)31(28(34)36-25)17-26(32)30-13-12-21-5-1-2-6-22(21)16-30/h1-11,14-15H,12-13,16-18H2/b25-15+. The van der Waals surface area contributed by atoms with Crippen molar-refractivity contribution in [2.24, 2.45) is 0 Å². The van der Waals surface area contributed by atoms with E-state index in [1.54, 1.807) is 47.4 Å². The summed E-state index contributed by atoms with van der Waals surface area (Å²) in [4.78, 5) is 41.3. The van der Waals surface area contributed by atoms with Crippen molar-refractivity contribution >= 4 is 34.9 Å². The van der Waals surface area contributed by atoms with Crippen molar-refractivity contribution in [1.82, 2.24) is 9.80 Å². The van der Waals surface area contributed by atoms with Crippen molar-refractivity contribution in [2.75, 3.05) is 13.1 Å². The zero-order valence-corrected chi connectivity index (χ0v) is 20.2. The summed E-state index contributed by atoms with van der Waals surface area (Å²) >= 11 is 0.823. The maximum Gasteiger partial charge on any atom is 0.294 e. The summed E-state index contributed by atoms with van der Waals surface area (Å²) in [5.41, 5.74) is 3.83. The van der Waals surface area contributed by atoms with Crippen LogP contribution in [0.15, 0.2) is 77.7 Å². The molecule has 0 spiro atoms. The Bertz CT molecular complexity index is 1360. The topological polar surface area (TPSA) is 66.9 Å². The molecule has 0 atom stereocenters. The Balaban J connectivity index is 1.22. The maximum absolute atomic E-state index is 13.1. The van der Waals surface area contributed by atoms with Crippen LogP contribution in [0.3, 0.4) is 0 Å². The van der Waals surface area contributed by atoms with E-state index < -0.39 is 11.1 Å². The smallest absolute Gasteiger partial charge is 0.294 e. The van der Waals surface area contributed by atoms with E-state index in [9.17, 15) is 18.8 Å². The van der Waals surface area contributed by atoms with Crippen LogP contribution in [0.25, 0.3) is 6.08 Å². The molecule has 0 unspecified atom stereocenters. The maximum atomic E-state index is 13.1. The molecule has 2 aliphatic heterocycles. The minimum absolute atomic E-state index is 0.246. The van der Waals surface area contributed by atoms with Gasteiger partial charge >= 0.3 is 0 Å². The number of nitrogens with zero attached hydrogens (tertiary/aromatic N) is 2. The van der Waals surface area contributed by atoms with Crippen molar-refractivity contribution in [3.8, 4) is 5.75 Å². The Morgan fingerprint density at radius 1 is 1.00 bits per heavy atom. The van der Waals surface area contributed by atoms with Crippen LogP contribution in [0.1, 0.15) is 22.3 Å². The predicted molar refractivity (Wildman–Crippen MR) is 135 cm³/mol. The SMILES string of the molecule is O=C(CN1C(=O)S/C(=C/c2cccc(OCc3ccc(F)cc3)c2)C1=O)N1CCc2ccccc2C1. The molecule has 1 fully saturated rings. The Morgan fingerprint density at radius 3 is 2.58 bits per heavy atom. The summed E-state index contributed by atoms with van der Waals surface area (Å²) in [6.45, 7) is 1.03. The highest BCUT2D eigenvalue weighted by Gasteiger charge is 2.37. The molecule has 2 heterocycles. The van der Waals surface area contributed by atoms with E-state index in [0.717, 1.165) is 34.2 Å². The summed E-state index contributed by atoms with van der Waals surface area (Å²) in [7, 11) is 0. The molecule has 8 heteroatoms. The molecule has 182 valence electrons. The number of rotatable bonds is 6. The van der Waals surface area contributed by atoms with E-state index in [4.69, 9.17) is 4.74 Å². The second kappa shape index (κ2) is 10.4. The van der Waals surface area contributed by atoms with Gasteiger partial charge in [0.1, 0.15) is 24.7 Å². The van der Waals surface area contributed by atoms with Gasteiger partial charge in [0, 0.05) is 13.1 Å². The lowest BCUT2D eigenvalue weighted by Gasteiger charge is -2.29. The van der Waals surface area contributed by atoms with Crippen molar-refractivity contribution in [3.63, 3.8) is 0 Å². The third-order valence-corrected chi connectivity index (χ3v) is 7.03. The molecule has 0 radical (unpaired) electrons. The first-order chi connectivity index (χ1) is 17.5. The lowest BCUT2D eigenvalue weighted by molar-refractivity contribution is -0.136. The van der Waals surface area contributed by atoms with Crippen LogP contribution < -0.4 is 4.74 Å². The molecule has 0 saturated carbocycles. The number of amides is 3. The van der Waals surface area contributed by atoms with Gasteiger partial charge in [0.2, 0.25) is 5.91 Å². The molecule has 1 saturated heterocycles. The Kier molecular flexibility index (Phi) is 6.86. The summed E-state index contributed by atoms with van der Waals surface area (Å²) in [6.07, 6.45) is 2.38. The summed E-state index contributed by atoms with van der Waals surface area (Å²) in [5, 5.41) is -0.458. The molecule has 2 aliphatic rings. The summed E-state index contributed by atoms with van der Waals surface area (Å²) < 4.78 is 18.9. The second-order valence-electron chi connectivity index (χ2n) is 8.59. The quantitative estimate of drug-likeness (QED) is 0.443. The highest BCUT2D eigenvalue weighted by molar-refractivity contribution is 8.18. The first-order valence-corrected chi connectivity index (χ1v) is 12.4. The first kappa shape index (κ1) is 23.8. The number of imide groups is 1. The monoisotopic (exact) mass is 502 g/mol. The molecule has 5 rings (SSSR count). The molecule has 0 N–H and O–H groups in total. The molecular formula is C28H23FN2O4S. The lowest BCUT2D eigenvalue weighted by atomic mass is 10.00. The van der Waals surface area contributed by atoms with E-state index in [2.05, 4.69) is 6.07 Å². The normalized spacial score (nSPS) is 16.4. The molecule has 3 aromatic rings. The summed E-state index contributed by atoms with van der Waals surface area (Å²) in [5.74, 6) is -0.455. The minimum atomic E-state index is -0.478. The Labute approximate surface area is 212 Å². The first-order valence-electron chi connectivity index (χ1n) is 11.5. The summed E-state index contributed by atoms with van der Waals surface area (Å²) in [6, 6.07) is 21.2. The average molecular weight is 503 g/mol. The van der Waals surface area contributed by atoms with Gasteiger partial charge in [-0.1, -0.05) is 48.5 Å². The number of hydrogen-bond acceptors (Lipinski definition) is 5. The molecule has 6 nitrogen and oxygen atoms in total. The van der Waals surface area contributed by atoms with Gasteiger partial charge < -0.3 is 9.64 Å². The second-order valence-corrected chi connectivity index (χ2v) is 9.58. The van der Waals surface area contributed by atoms with Gasteiger partial charge in [-0.3, -0.25) is 19.3 Å². The molecule has 0 aromatic heterocycles. The Morgan fingerprint density at radius 2 is 1.78 bits per heavy atom. The number of benzene rings is 3. The van der Waals surface area contributed by atoms with Crippen molar-refractivity contribution in [2.45, 2.75) is 19.6 Å². The third kappa shape index (κ3) is 5.33. The van der Waals surface area contributed by atoms with Gasteiger partial charge in [0.05, 0.1) is 4.91 Å². The fraction of sp³-hybridized carbons (Fsp3) is 0.179. The number of carbonyl (C=O) groups excluding carboxylic acids is 3. The fourth-order valence-electron chi connectivity index (χ4n) is 4.17. The molecule has 3 aromatic carbocycles. The van der Waals surface area contributed by atoms with Crippen LogP contribution in [-0.4, -0.2) is 39.9 Å². The van der Waals surface area contributed by atoms with Crippen LogP contribution >= 0.6 is 11.8 Å². The van der Waals surface area contributed by atoms with Crippen LogP contribution in [0.4, 0.5) is 9.18 Å². The van der Waals surface area contributed by atoms with E-state index in [-0.39, 0.29) is 29.8 Å². The average Bonchev–Trinajstić information content (AvgIpc) is 3.15. The van der Waals surface area contributed by atoms with Gasteiger partial charge in [0.15, 0.2) is 0 Å². The van der Waals surface area contributed by atoms with Gasteiger partial charge in [-0.25, -0.2) is 4.39 Å². The van der Waals surface area contributed by atoms with Gasteiger partial charge in [-0.15, -0.1) is 0 Å². The van der Waals surface area contributed by atoms with Gasteiger partial charge in [-0.2, -0.15) is 0 Å². The third-order valence-electron chi connectivity index (χ3n) is 6.12. The predicted octanol–water partition coefficient (Wildman–Crippen LogP) is 5.03. The highest BCUT2D eigenvalue weighted by Crippen LogP contribution is 2.33. The van der Waals surface area contributed by atoms with Crippen molar-refractivity contribution < 1.29 is 23.5 Å². The number of fused-ring (bicyclic) bond motifs is 1. The minimum Gasteiger partial charge on any atom is -0.489 e. The van der Waals surface area contributed by atoms with Crippen LogP contribution in [-0.2, 0) is 29.2 Å². The van der Waals surface area contributed by atoms with E-state index in [1.807, 2.05) is 18.2 Å². The van der Waals surface area contributed by atoms with E-state index in [1.165, 1.54) is 17.7 Å². The number of halogens is 1. The van der Waals surface area contributed by atoms with Crippen LogP contribution in [0.2, 0.25) is 0 Å². The number of thioether (sulfide) groups is 1. The van der Waals surface area contributed by atoms with Crippen molar-refractivity contribution in [3.05, 3.63) is 106 Å². The zero-order chi connectivity index (χ0) is 25.1. The van der Waals surface area contributed by atoms with Crippen molar-refractivity contribution in [1.29, 1.82) is 0 Å². The molecule has 36 heavy (non-hydrogen) atoms. The number of carbonyl (C=O) groups is 3. The zero-order valence-electron chi connectivity index (χ0n) is 19.4. The highest BCUT2D eigenvalue weighted by atomic mass is 32.2. The van der Waals surface area contributed by atoms with Crippen LogP contribution in [0.5, 0.6) is 5.75 Å². The molecular weight excluding hydrogens is 479 g/mol. The molecule has 0 aliphatic carbocycles. The van der Waals surface area contributed by atoms with E-state index in [0.29, 0.717) is 24.4 Å².